The monoisotopic (exact) mass is 382 g/mol. The molecule has 1 aromatic heterocycles. The summed E-state index contributed by atoms with van der Waals surface area (Å²) in [6, 6.07) is 9.26. The standard InChI is InChI=1S/C16H18N2O5S2/c1-2-18-25(22,23)13-6-3-11(4-7-13)9-15(19)17-10-12-5-8-14(24-12)16(20)21/h3-8,18H,2,9-10H2,1H3,(H,17,19)(H,20,21). The molecule has 0 bridgehead atoms. The summed E-state index contributed by atoms with van der Waals surface area (Å²) >= 11 is 1.11. The maximum Gasteiger partial charge on any atom is 0.345 e. The van der Waals surface area contributed by atoms with Crippen LogP contribution in [0.3, 0.4) is 0 Å². The Bertz CT molecular complexity index is 857. The van der Waals surface area contributed by atoms with E-state index >= 15 is 0 Å². The van der Waals surface area contributed by atoms with Crippen molar-refractivity contribution in [3.63, 3.8) is 0 Å². The van der Waals surface area contributed by atoms with E-state index in [1.165, 1.54) is 18.2 Å². The Morgan fingerprint density at radius 3 is 2.36 bits per heavy atom. The minimum Gasteiger partial charge on any atom is -0.477 e. The molecule has 0 saturated carbocycles. The van der Waals surface area contributed by atoms with Crippen molar-refractivity contribution in [2.45, 2.75) is 24.8 Å². The lowest BCUT2D eigenvalue weighted by molar-refractivity contribution is -0.120. The molecule has 1 amide bonds. The van der Waals surface area contributed by atoms with E-state index < -0.39 is 16.0 Å². The van der Waals surface area contributed by atoms with Gasteiger partial charge < -0.3 is 10.4 Å². The lowest BCUT2D eigenvalue weighted by Crippen LogP contribution is -2.24. The number of nitrogens with one attached hydrogen (secondary N) is 2. The van der Waals surface area contributed by atoms with Crippen molar-refractivity contribution in [2.24, 2.45) is 0 Å². The number of carbonyl (C=O) groups excluding carboxylic acids is 1. The van der Waals surface area contributed by atoms with Crippen LogP contribution in [-0.4, -0.2) is 31.9 Å². The summed E-state index contributed by atoms with van der Waals surface area (Å²) in [6.07, 6.45) is 0.110. The van der Waals surface area contributed by atoms with Crippen molar-refractivity contribution >= 4 is 33.2 Å². The van der Waals surface area contributed by atoms with Gasteiger partial charge >= 0.3 is 5.97 Å². The van der Waals surface area contributed by atoms with Gasteiger partial charge in [0.1, 0.15) is 4.88 Å². The Labute approximate surface area is 149 Å². The van der Waals surface area contributed by atoms with Gasteiger partial charge in [0.2, 0.25) is 15.9 Å². The van der Waals surface area contributed by atoms with Gasteiger partial charge in [-0.15, -0.1) is 11.3 Å². The zero-order valence-corrected chi connectivity index (χ0v) is 15.1. The van der Waals surface area contributed by atoms with Crippen molar-refractivity contribution in [1.29, 1.82) is 0 Å². The van der Waals surface area contributed by atoms with Crippen LogP contribution in [0.1, 0.15) is 27.0 Å². The molecule has 0 radical (unpaired) electrons. The highest BCUT2D eigenvalue weighted by atomic mass is 32.2. The Morgan fingerprint density at radius 2 is 1.80 bits per heavy atom. The molecule has 0 aliphatic carbocycles. The van der Waals surface area contributed by atoms with E-state index in [0.29, 0.717) is 12.1 Å². The van der Waals surface area contributed by atoms with Gasteiger partial charge in [0.05, 0.1) is 17.9 Å². The number of carbonyl (C=O) groups is 2. The molecule has 9 heteroatoms. The van der Waals surface area contributed by atoms with Gasteiger partial charge in [0.25, 0.3) is 0 Å². The van der Waals surface area contributed by atoms with Gasteiger partial charge in [-0.25, -0.2) is 17.9 Å². The molecular formula is C16H18N2O5S2. The van der Waals surface area contributed by atoms with Gasteiger partial charge in [-0.1, -0.05) is 19.1 Å². The van der Waals surface area contributed by atoms with Crippen molar-refractivity contribution < 1.29 is 23.1 Å². The van der Waals surface area contributed by atoms with Crippen LogP contribution in [0.5, 0.6) is 0 Å². The molecule has 1 aromatic carbocycles. The summed E-state index contributed by atoms with van der Waals surface area (Å²) in [4.78, 5) is 23.9. The third-order valence-electron chi connectivity index (χ3n) is 3.26. The number of rotatable bonds is 8. The first-order valence-electron chi connectivity index (χ1n) is 7.49. The van der Waals surface area contributed by atoms with E-state index in [9.17, 15) is 18.0 Å². The van der Waals surface area contributed by atoms with Crippen LogP contribution in [0, 0.1) is 0 Å². The third-order valence-corrected chi connectivity index (χ3v) is 5.90. The van der Waals surface area contributed by atoms with Crippen LogP contribution < -0.4 is 10.0 Å². The molecule has 2 rings (SSSR count). The SMILES string of the molecule is CCNS(=O)(=O)c1ccc(CC(=O)NCc2ccc(C(=O)O)s2)cc1. The summed E-state index contributed by atoms with van der Waals surface area (Å²) < 4.78 is 26.1. The van der Waals surface area contributed by atoms with Gasteiger partial charge in [0.15, 0.2) is 0 Å². The van der Waals surface area contributed by atoms with Crippen LogP contribution in [-0.2, 0) is 27.8 Å². The quantitative estimate of drug-likeness (QED) is 0.642. The van der Waals surface area contributed by atoms with Crippen molar-refractivity contribution in [3.8, 4) is 0 Å². The number of amides is 1. The Balaban J connectivity index is 1.91. The molecule has 2 aromatic rings. The first-order valence-corrected chi connectivity index (χ1v) is 9.79. The fourth-order valence-corrected chi connectivity index (χ4v) is 3.91. The largest absolute Gasteiger partial charge is 0.477 e. The second-order valence-corrected chi connectivity index (χ2v) is 8.11. The minimum absolute atomic E-state index is 0.110. The zero-order valence-electron chi connectivity index (χ0n) is 13.5. The van der Waals surface area contributed by atoms with Gasteiger partial charge in [0, 0.05) is 11.4 Å². The zero-order chi connectivity index (χ0) is 18.4. The summed E-state index contributed by atoms with van der Waals surface area (Å²) in [5, 5.41) is 11.6. The number of carboxylic acids is 1. The molecule has 1 heterocycles. The second kappa shape index (κ2) is 8.24. The van der Waals surface area contributed by atoms with Crippen LogP contribution in [0.15, 0.2) is 41.3 Å². The highest BCUT2D eigenvalue weighted by molar-refractivity contribution is 7.89. The molecule has 0 aliphatic rings. The lowest BCUT2D eigenvalue weighted by atomic mass is 10.1. The molecule has 3 N–H and O–H groups in total. The highest BCUT2D eigenvalue weighted by Gasteiger charge is 2.13. The van der Waals surface area contributed by atoms with Crippen LogP contribution in [0.25, 0.3) is 0 Å². The molecule has 0 spiro atoms. The van der Waals surface area contributed by atoms with E-state index in [0.717, 1.165) is 16.2 Å². The first kappa shape index (κ1) is 19.1. The van der Waals surface area contributed by atoms with Crippen molar-refractivity contribution in [2.75, 3.05) is 6.54 Å². The van der Waals surface area contributed by atoms with E-state index in [1.54, 1.807) is 25.1 Å². The smallest absolute Gasteiger partial charge is 0.345 e. The number of hydrogen-bond donors (Lipinski definition) is 3. The second-order valence-electron chi connectivity index (χ2n) is 5.17. The minimum atomic E-state index is -3.50. The average Bonchev–Trinajstić information content (AvgIpc) is 3.03. The summed E-state index contributed by atoms with van der Waals surface area (Å²) in [7, 11) is -3.50. The molecular weight excluding hydrogens is 364 g/mol. The molecule has 25 heavy (non-hydrogen) atoms. The summed E-state index contributed by atoms with van der Waals surface area (Å²) in [5.74, 6) is -1.22. The van der Waals surface area contributed by atoms with Gasteiger partial charge in [-0.2, -0.15) is 0 Å². The third kappa shape index (κ3) is 5.38. The molecule has 0 atom stereocenters. The lowest BCUT2D eigenvalue weighted by Gasteiger charge is -2.07. The average molecular weight is 382 g/mol. The molecule has 134 valence electrons. The molecule has 0 unspecified atom stereocenters. The number of carboxylic acid groups (broad SMARTS) is 1. The van der Waals surface area contributed by atoms with E-state index in [4.69, 9.17) is 5.11 Å². The Kier molecular flexibility index (Phi) is 6.29. The van der Waals surface area contributed by atoms with Crippen molar-refractivity contribution in [1.82, 2.24) is 10.0 Å². The molecule has 7 nitrogen and oxygen atoms in total. The topological polar surface area (TPSA) is 113 Å². The summed E-state index contributed by atoms with van der Waals surface area (Å²) in [5.41, 5.74) is 0.686. The Hall–Kier alpha value is -2.23. The van der Waals surface area contributed by atoms with Gasteiger partial charge in [-0.3, -0.25) is 4.79 Å². The number of benzene rings is 1. The van der Waals surface area contributed by atoms with E-state index in [-0.39, 0.29) is 28.6 Å². The number of aromatic carboxylic acids is 1. The maximum atomic E-state index is 12.0. The molecule has 0 aliphatic heterocycles. The Morgan fingerprint density at radius 1 is 1.12 bits per heavy atom. The van der Waals surface area contributed by atoms with Crippen LogP contribution in [0.4, 0.5) is 0 Å². The molecule has 0 fully saturated rings. The van der Waals surface area contributed by atoms with E-state index in [2.05, 4.69) is 10.0 Å². The molecule has 0 saturated heterocycles. The van der Waals surface area contributed by atoms with Crippen LogP contribution in [0.2, 0.25) is 0 Å². The predicted molar refractivity (Wildman–Crippen MR) is 94.1 cm³/mol. The number of sulfonamides is 1. The van der Waals surface area contributed by atoms with E-state index in [1.807, 2.05) is 0 Å². The predicted octanol–water partition coefficient (Wildman–Crippen LogP) is 1.60. The normalized spacial score (nSPS) is 11.2. The first-order chi connectivity index (χ1) is 11.8. The number of hydrogen-bond acceptors (Lipinski definition) is 5. The van der Waals surface area contributed by atoms with Gasteiger partial charge in [-0.05, 0) is 29.8 Å². The van der Waals surface area contributed by atoms with Crippen molar-refractivity contribution in [3.05, 3.63) is 51.7 Å². The maximum absolute atomic E-state index is 12.0. The van der Waals surface area contributed by atoms with Crippen LogP contribution >= 0.6 is 11.3 Å². The fraction of sp³-hybridized carbons (Fsp3) is 0.250. The number of thiophene rings is 1. The summed E-state index contributed by atoms with van der Waals surface area (Å²) in [6.45, 7) is 2.26. The fourth-order valence-electron chi connectivity index (χ4n) is 2.08. The highest BCUT2D eigenvalue weighted by Crippen LogP contribution is 2.16.